The molecule has 0 unspecified atom stereocenters. The van der Waals surface area contributed by atoms with E-state index in [0.29, 0.717) is 0 Å². The van der Waals surface area contributed by atoms with E-state index in [4.69, 9.17) is 16.3 Å². The molecule has 0 N–H and O–H groups in total. The highest BCUT2D eigenvalue weighted by atomic mass is 79.9. The van der Waals surface area contributed by atoms with Crippen LogP contribution in [0.1, 0.15) is 0 Å². The summed E-state index contributed by atoms with van der Waals surface area (Å²) in [7, 11) is 0. The summed E-state index contributed by atoms with van der Waals surface area (Å²) in [6.07, 6.45) is 1.22. The monoisotopic (exact) mass is 346 g/mol. The summed E-state index contributed by atoms with van der Waals surface area (Å²) in [6.45, 7) is 0. The highest BCUT2D eigenvalue weighted by molar-refractivity contribution is 9.10. The molecule has 0 aliphatic carbocycles. The second-order valence-corrected chi connectivity index (χ2v) is 4.70. The molecule has 0 spiro atoms. The molecule has 1 aromatic heterocycles. The molecule has 0 bridgehead atoms. The Hall–Kier alpha value is -1.73. The number of benzene rings is 1. The summed E-state index contributed by atoms with van der Waals surface area (Å²) < 4.78 is 18.5. The van der Waals surface area contributed by atoms with Crippen molar-refractivity contribution in [1.82, 2.24) is 4.98 Å². The molecule has 98 valence electrons. The Balaban J connectivity index is 2.37. The van der Waals surface area contributed by atoms with Crippen molar-refractivity contribution in [1.29, 1.82) is 0 Å². The van der Waals surface area contributed by atoms with Gasteiger partial charge in [-0.05, 0) is 34.1 Å². The molecule has 0 aliphatic rings. The predicted molar refractivity (Wildman–Crippen MR) is 70.1 cm³/mol. The minimum absolute atomic E-state index is 0.124. The molecule has 5 nitrogen and oxygen atoms in total. The second-order valence-electron chi connectivity index (χ2n) is 3.41. The summed E-state index contributed by atoms with van der Waals surface area (Å²) in [5.74, 6) is -0.468. The van der Waals surface area contributed by atoms with Gasteiger partial charge in [0.2, 0.25) is 0 Å². The lowest BCUT2D eigenvalue weighted by molar-refractivity contribution is -0.386. The van der Waals surface area contributed by atoms with Gasteiger partial charge in [-0.3, -0.25) is 10.1 Å². The van der Waals surface area contributed by atoms with E-state index < -0.39 is 10.7 Å². The number of nitro groups is 1. The molecule has 0 saturated carbocycles. The van der Waals surface area contributed by atoms with Crippen molar-refractivity contribution in [2.45, 2.75) is 0 Å². The lowest BCUT2D eigenvalue weighted by Crippen LogP contribution is -1.96. The fourth-order valence-electron chi connectivity index (χ4n) is 1.28. The standard InChI is InChI=1S/C11H5BrClFN2O3/c12-8-4-7(1-2-9(8)14)19-11-10(16(17)18)3-6(13)5-15-11/h1-5H. The van der Waals surface area contributed by atoms with Gasteiger partial charge in [-0.15, -0.1) is 0 Å². The van der Waals surface area contributed by atoms with Crippen LogP contribution in [0, 0.1) is 15.9 Å². The normalized spacial score (nSPS) is 10.3. The summed E-state index contributed by atoms with van der Waals surface area (Å²) in [4.78, 5) is 13.9. The first-order valence-electron chi connectivity index (χ1n) is 4.90. The van der Waals surface area contributed by atoms with E-state index in [1.54, 1.807) is 0 Å². The van der Waals surface area contributed by atoms with Crippen molar-refractivity contribution in [2.75, 3.05) is 0 Å². The maximum Gasteiger partial charge on any atom is 0.332 e. The summed E-state index contributed by atoms with van der Waals surface area (Å²) in [6, 6.07) is 4.97. The van der Waals surface area contributed by atoms with Gasteiger partial charge in [-0.25, -0.2) is 9.37 Å². The lowest BCUT2D eigenvalue weighted by Gasteiger charge is -2.06. The zero-order valence-electron chi connectivity index (χ0n) is 9.14. The van der Waals surface area contributed by atoms with Crippen LogP contribution in [0.2, 0.25) is 5.02 Å². The first-order valence-corrected chi connectivity index (χ1v) is 6.07. The van der Waals surface area contributed by atoms with Crippen LogP contribution >= 0.6 is 27.5 Å². The van der Waals surface area contributed by atoms with Crippen LogP contribution in [0.5, 0.6) is 11.6 Å². The Morgan fingerprint density at radius 3 is 2.79 bits per heavy atom. The van der Waals surface area contributed by atoms with Gasteiger partial charge < -0.3 is 4.74 Å². The SMILES string of the molecule is O=[N+]([O-])c1cc(Cl)cnc1Oc1ccc(F)c(Br)c1. The third kappa shape index (κ3) is 3.18. The molecule has 0 atom stereocenters. The molecule has 0 aliphatic heterocycles. The number of pyridine rings is 1. The molecule has 8 heteroatoms. The van der Waals surface area contributed by atoms with Gasteiger partial charge in [0.15, 0.2) is 0 Å². The molecule has 1 heterocycles. The van der Waals surface area contributed by atoms with Crippen molar-refractivity contribution in [3.05, 3.63) is 55.9 Å². The maximum atomic E-state index is 13.1. The Morgan fingerprint density at radius 1 is 1.42 bits per heavy atom. The fraction of sp³-hybridized carbons (Fsp3) is 0. The second kappa shape index (κ2) is 5.50. The zero-order valence-corrected chi connectivity index (χ0v) is 11.5. The third-order valence-electron chi connectivity index (χ3n) is 2.10. The first-order chi connectivity index (χ1) is 8.97. The number of hydrogen-bond acceptors (Lipinski definition) is 4. The minimum atomic E-state index is -0.660. The van der Waals surface area contributed by atoms with Crippen LogP contribution in [-0.2, 0) is 0 Å². The number of aromatic nitrogens is 1. The maximum absolute atomic E-state index is 13.1. The Morgan fingerprint density at radius 2 is 2.16 bits per heavy atom. The highest BCUT2D eigenvalue weighted by Crippen LogP contribution is 2.32. The number of hydrogen-bond donors (Lipinski definition) is 0. The van der Waals surface area contributed by atoms with Gasteiger partial charge in [0.1, 0.15) is 11.6 Å². The molecular formula is C11H5BrClFN2O3. The van der Waals surface area contributed by atoms with Gasteiger partial charge in [-0.1, -0.05) is 11.6 Å². The van der Waals surface area contributed by atoms with Gasteiger partial charge >= 0.3 is 5.69 Å². The largest absolute Gasteiger partial charge is 0.434 e. The van der Waals surface area contributed by atoms with Crippen molar-refractivity contribution in [2.24, 2.45) is 0 Å². The van der Waals surface area contributed by atoms with Crippen molar-refractivity contribution >= 4 is 33.2 Å². The number of ether oxygens (including phenoxy) is 1. The van der Waals surface area contributed by atoms with E-state index in [2.05, 4.69) is 20.9 Å². The number of nitrogens with zero attached hydrogens (tertiary/aromatic N) is 2. The lowest BCUT2D eigenvalue weighted by atomic mass is 10.3. The van der Waals surface area contributed by atoms with Crippen LogP contribution < -0.4 is 4.74 Å². The molecule has 0 fully saturated rings. The molecular weight excluding hydrogens is 342 g/mol. The Kier molecular flexibility index (Phi) is 3.96. The van der Waals surface area contributed by atoms with Crippen molar-refractivity contribution < 1.29 is 14.1 Å². The van der Waals surface area contributed by atoms with E-state index in [1.807, 2.05) is 0 Å². The van der Waals surface area contributed by atoms with E-state index in [0.717, 1.165) is 6.07 Å². The predicted octanol–water partition coefficient (Wildman–Crippen LogP) is 4.34. The van der Waals surface area contributed by atoms with Crippen LogP contribution in [0.15, 0.2) is 34.9 Å². The average molecular weight is 348 g/mol. The Bertz CT molecular complexity index is 654. The molecule has 2 rings (SSSR count). The minimum Gasteiger partial charge on any atom is -0.434 e. The number of rotatable bonds is 3. The van der Waals surface area contributed by atoms with Crippen LogP contribution in [-0.4, -0.2) is 9.91 Å². The molecule has 19 heavy (non-hydrogen) atoms. The first kappa shape index (κ1) is 13.7. The van der Waals surface area contributed by atoms with E-state index in [-0.39, 0.29) is 26.8 Å². The van der Waals surface area contributed by atoms with E-state index in [1.165, 1.54) is 24.4 Å². The summed E-state index contributed by atoms with van der Waals surface area (Å²) in [5.41, 5.74) is -0.368. The molecule has 0 saturated heterocycles. The van der Waals surface area contributed by atoms with Crippen molar-refractivity contribution in [3.8, 4) is 11.6 Å². The van der Waals surface area contributed by atoms with Crippen LogP contribution in [0.3, 0.4) is 0 Å². The Labute approximate surface area is 120 Å². The topological polar surface area (TPSA) is 65.3 Å². The van der Waals surface area contributed by atoms with Gasteiger partial charge in [0, 0.05) is 6.07 Å². The third-order valence-corrected chi connectivity index (χ3v) is 2.92. The van der Waals surface area contributed by atoms with E-state index in [9.17, 15) is 14.5 Å². The fourth-order valence-corrected chi connectivity index (χ4v) is 1.79. The quantitative estimate of drug-likeness (QED) is 0.612. The van der Waals surface area contributed by atoms with Gasteiger partial charge in [0.25, 0.3) is 5.88 Å². The van der Waals surface area contributed by atoms with Gasteiger partial charge in [-0.2, -0.15) is 0 Å². The van der Waals surface area contributed by atoms with Crippen LogP contribution in [0.25, 0.3) is 0 Å². The zero-order chi connectivity index (χ0) is 14.0. The van der Waals surface area contributed by atoms with Gasteiger partial charge in [0.05, 0.1) is 20.6 Å². The molecule has 0 radical (unpaired) electrons. The molecule has 0 amide bonds. The summed E-state index contributed by atoms with van der Waals surface area (Å²) in [5, 5.41) is 11.0. The van der Waals surface area contributed by atoms with Crippen molar-refractivity contribution in [3.63, 3.8) is 0 Å². The van der Waals surface area contributed by atoms with Crippen LogP contribution in [0.4, 0.5) is 10.1 Å². The smallest absolute Gasteiger partial charge is 0.332 e. The van der Waals surface area contributed by atoms with E-state index >= 15 is 0 Å². The highest BCUT2D eigenvalue weighted by Gasteiger charge is 2.18. The summed E-state index contributed by atoms with van der Waals surface area (Å²) >= 11 is 8.62. The average Bonchev–Trinajstić information content (AvgIpc) is 2.36. The molecule has 2 aromatic rings. The molecule has 1 aromatic carbocycles. The number of halogens is 3.